The third-order valence-electron chi connectivity index (χ3n) is 12.0. The van der Waals surface area contributed by atoms with Gasteiger partial charge in [-0.15, -0.1) is 0 Å². The first kappa shape index (κ1) is 36.3. The zero-order chi connectivity index (χ0) is 41.7. The number of pyridine rings is 1. The Balaban J connectivity index is 0.963. The minimum absolute atomic E-state index is 0.590. The number of furan rings is 1. The van der Waals surface area contributed by atoms with Gasteiger partial charge in [-0.1, -0.05) is 200 Å². The Bertz CT molecular complexity index is 3530. The first-order chi connectivity index (χ1) is 31.2. The van der Waals surface area contributed by atoms with Crippen LogP contribution in [0.1, 0.15) is 0 Å². The van der Waals surface area contributed by atoms with Gasteiger partial charge in [-0.3, -0.25) is 0 Å². The molecule has 0 N–H and O–H groups in total. The van der Waals surface area contributed by atoms with Crippen LogP contribution in [-0.4, -0.2) is 19.9 Å². The highest BCUT2D eigenvalue weighted by molar-refractivity contribution is 6.19. The van der Waals surface area contributed by atoms with Crippen molar-refractivity contribution >= 4 is 43.6 Å². The molecule has 0 saturated heterocycles. The Morgan fingerprint density at radius 1 is 0.302 bits per heavy atom. The fourth-order valence-corrected chi connectivity index (χ4v) is 8.74. The molecule has 5 heteroatoms. The van der Waals surface area contributed by atoms with E-state index >= 15 is 0 Å². The van der Waals surface area contributed by atoms with E-state index < -0.39 is 0 Å². The zero-order valence-corrected chi connectivity index (χ0v) is 34.0. The topological polar surface area (TPSA) is 64.7 Å². The fraction of sp³-hybridized carbons (Fsp3) is 0. The van der Waals surface area contributed by atoms with Gasteiger partial charge in [0.2, 0.25) is 0 Å². The molecule has 9 aromatic carbocycles. The van der Waals surface area contributed by atoms with Crippen molar-refractivity contribution in [2.24, 2.45) is 0 Å². The van der Waals surface area contributed by atoms with E-state index in [0.717, 1.165) is 88.6 Å². The predicted molar refractivity (Wildman–Crippen MR) is 258 cm³/mol. The number of fused-ring (bicyclic) bond motifs is 6. The highest BCUT2D eigenvalue weighted by atomic mass is 16.3. The molecule has 0 atom stereocenters. The summed E-state index contributed by atoms with van der Waals surface area (Å²) in [5.74, 6) is 1.81. The largest absolute Gasteiger partial charge is 0.455 e. The SMILES string of the molecule is c1ccc(-c2ccc(-c3nc(-c4ccc(-c5ccccc5)cc4)nc(-c4ccc(-c5nc6ccc(-c7cccc8ccccc78)cc6c6oc7ccccc7c56)cc4)n3)cc2)cc1. The third kappa shape index (κ3) is 6.60. The van der Waals surface area contributed by atoms with Crippen molar-refractivity contribution in [3.8, 4) is 78.8 Å². The van der Waals surface area contributed by atoms with Crippen LogP contribution in [0.4, 0.5) is 0 Å². The van der Waals surface area contributed by atoms with Crippen molar-refractivity contribution in [1.82, 2.24) is 19.9 Å². The maximum absolute atomic E-state index is 6.71. The first-order valence-electron chi connectivity index (χ1n) is 21.1. The van der Waals surface area contributed by atoms with Gasteiger partial charge in [-0.2, -0.15) is 0 Å². The van der Waals surface area contributed by atoms with E-state index in [1.54, 1.807) is 0 Å². The lowest BCUT2D eigenvalue weighted by molar-refractivity contribution is 0.672. The van der Waals surface area contributed by atoms with Crippen LogP contribution in [0.3, 0.4) is 0 Å². The Kier molecular flexibility index (Phi) is 8.75. The Morgan fingerprint density at radius 2 is 0.762 bits per heavy atom. The summed E-state index contributed by atoms with van der Waals surface area (Å²) in [6, 6.07) is 75.7. The molecule has 3 heterocycles. The van der Waals surface area contributed by atoms with Gasteiger partial charge in [-0.25, -0.2) is 19.9 Å². The van der Waals surface area contributed by atoms with Crippen molar-refractivity contribution in [3.05, 3.63) is 218 Å². The minimum atomic E-state index is 0.590. The van der Waals surface area contributed by atoms with Crippen molar-refractivity contribution in [1.29, 1.82) is 0 Å². The highest BCUT2D eigenvalue weighted by Gasteiger charge is 2.20. The molecule has 0 amide bonds. The molecule has 0 radical (unpaired) electrons. The molecule has 63 heavy (non-hydrogen) atoms. The smallest absolute Gasteiger partial charge is 0.164 e. The second-order valence-electron chi connectivity index (χ2n) is 15.8. The summed E-state index contributed by atoms with van der Waals surface area (Å²) in [7, 11) is 0. The molecule has 5 nitrogen and oxygen atoms in total. The van der Waals surface area contributed by atoms with Crippen molar-refractivity contribution in [2.45, 2.75) is 0 Å². The molecule has 294 valence electrons. The number of hydrogen-bond acceptors (Lipinski definition) is 5. The Hall–Kier alpha value is -8.54. The van der Waals surface area contributed by atoms with Crippen molar-refractivity contribution in [3.63, 3.8) is 0 Å². The maximum atomic E-state index is 6.71. The molecule has 12 rings (SSSR count). The minimum Gasteiger partial charge on any atom is -0.455 e. The third-order valence-corrected chi connectivity index (χ3v) is 12.0. The average Bonchev–Trinajstić information content (AvgIpc) is 3.77. The molecule has 0 bridgehead atoms. The molecular formula is C58H36N4O. The van der Waals surface area contributed by atoms with Crippen LogP contribution in [0.5, 0.6) is 0 Å². The Labute approximate surface area is 363 Å². The standard InChI is InChI=1S/C58H36N4O/c1-3-12-37(13-4-1)39-22-28-43(29-23-39)56-60-57(44-30-24-40(25-31-44)38-14-5-2-6-15-38)62-58(61-56)45-32-26-42(27-33-45)54-53-49-19-9-10-21-52(49)63-55(53)50-36-46(34-35-51(50)59-54)48-20-11-17-41-16-7-8-18-47(41)48/h1-36H. The van der Waals surface area contributed by atoms with E-state index in [1.807, 2.05) is 24.3 Å². The lowest BCUT2D eigenvalue weighted by Gasteiger charge is -2.11. The number of nitrogens with zero attached hydrogens (tertiary/aromatic N) is 4. The second kappa shape index (κ2) is 15.2. The lowest BCUT2D eigenvalue weighted by Crippen LogP contribution is -2.00. The summed E-state index contributed by atoms with van der Waals surface area (Å²) in [5.41, 5.74) is 13.9. The number of para-hydroxylation sites is 1. The molecule has 0 unspecified atom stereocenters. The maximum Gasteiger partial charge on any atom is 0.164 e. The quantitative estimate of drug-likeness (QED) is 0.161. The van der Waals surface area contributed by atoms with Crippen molar-refractivity contribution < 1.29 is 4.42 Å². The summed E-state index contributed by atoms with van der Waals surface area (Å²) in [6.45, 7) is 0. The monoisotopic (exact) mass is 804 g/mol. The summed E-state index contributed by atoms with van der Waals surface area (Å²) < 4.78 is 6.71. The van der Waals surface area contributed by atoms with E-state index in [0.29, 0.717) is 17.5 Å². The van der Waals surface area contributed by atoms with E-state index in [2.05, 4.69) is 194 Å². The van der Waals surface area contributed by atoms with E-state index in [9.17, 15) is 0 Å². The van der Waals surface area contributed by atoms with E-state index in [1.165, 1.54) is 16.3 Å². The summed E-state index contributed by atoms with van der Waals surface area (Å²) in [5, 5.41) is 5.42. The van der Waals surface area contributed by atoms with Gasteiger partial charge < -0.3 is 4.42 Å². The molecule has 0 aliphatic carbocycles. The van der Waals surface area contributed by atoms with Crippen LogP contribution in [0.25, 0.3) is 122 Å². The molecule has 0 aliphatic heterocycles. The zero-order valence-electron chi connectivity index (χ0n) is 34.0. The van der Waals surface area contributed by atoms with Crippen LogP contribution in [0.15, 0.2) is 223 Å². The summed E-state index contributed by atoms with van der Waals surface area (Å²) >= 11 is 0. The van der Waals surface area contributed by atoms with E-state index in [4.69, 9.17) is 24.4 Å². The molecule has 0 aliphatic rings. The van der Waals surface area contributed by atoms with Gasteiger partial charge in [0.25, 0.3) is 0 Å². The average molecular weight is 805 g/mol. The highest BCUT2D eigenvalue weighted by Crippen LogP contribution is 2.41. The van der Waals surface area contributed by atoms with Gasteiger partial charge in [0.15, 0.2) is 17.5 Å². The number of aromatic nitrogens is 4. The molecule has 3 aromatic heterocycles. The van der Waals surface area contributed by atoms with Crippen LogP contribution in [0, 0.1) is 0 Å². The van der Waals surface area contributed by atoms with Gasteiger partial charge in [0.05, 0.1) is 16.6 Å². The van der Waals surface area contributed by atoms with Crippen molar-refractivity contribution in [2.75, 3.05) is 0 Å². The van der Waals surface area contributed by atoms with Crippen LogP contribution >= 0.6 is 0 Å². The molecule has 0 spiro atoms. The summed E-state index contributed by atoms with van der Waals surface area (Å²) in [4.78, 5) is 20.6. The molecule has 12 aromatic rings. The molecule has 0 saturated carbocycles. The van der Waals surface area contributed by atoms with E-state index in [-0.39, 0.29) is 0 Å². The van der Waals surface area contributed by atoms with Gasteiger partial charge in [0.1, 0.15) is 11.2 Å². The number of hydrogen-bond donors (Lipinski definition) is 0. The molecular weight excluding hydrogens is 769 g/mol. The van der Waals surface area contributed by atoms with Gasteiger partial charge in [0, 0.05) is 33.0 Å². The van der Waals surface area contributed by atoms with Crippen LogP contribution in [0.2, 0.25) is 0 Å². The van der Waals surface area contributed by atoms with Gasteiger partial charge in [-0.05, 0) is 62.4 Å². The predicted octanol–water partition coefficient (Wildman–Crippen LogP) is 15.1. The fourth-order valence-electron chi connectivity index (χ4n) is 8.74. The van der Waals surface area contributed by atoms with Crippen LogP contribution < -0.4 is 0 Å². The lowest BCUT2D eigenvalue weighted by atomic mass is 9.96. The van der Waals surface area contributed by atoms with Gasteiger partial charge >= 0.3 is 0 Å². The van der Waals surface area contributed by atoms with Crippen LogP contribution in [-0.2, 0) is 0 Å². The molecule has 0 fully saturated rings. The summed E-state index contributed by atoms with van der Waals surface area (Å²) in [6.07, 6.45) is 0. The second-order valence-corrected chi connectivity index (χ2v) is 15.8. The first-order valence-corrected chi connectivity index (χ1v) is 21.1. The number of rotatable bonds is 7. The Morgan fingerprint density at radius 3 is 1.37 bits per heavy atom. The normalized spacial score (nSPS) is 11.5. The number of benzene rings is 9.